The Morgan fingerprint density at radius 1 is 1.02 bits per heavy atom. The molecule has 11 heteroatoms. The molecular weight excluding hydrogens is 622 g/mol. The summed E-state index contributed by atoms with van der Waals surface area (Å²) in [6.45, 7) is 2.04. The summed E-state index contributed by atoms with van der Waals surface area (Å²) in [5.41, 5.74) is 5.60. The van der Waals surface area contributed by atoms with Gasteiger partial charge in [0.1, 0.15) is 23.9 Å². The summed E-state index contributed by atoms with van der Waals surface area (Å²) in [6.07, 6.45) is 1.68. The monoisotopic (exact) mass is 653 g/mol. The number of methoxy groups -OCH3 is 2. The number of aromatic nitrogens is 3. The van der Waals surface area contributed by atoms with Gasteiger partial charge >= 0.3 is 0 Å². The highest BCUT2D eigenvalue weighted by Gasteiger charge is 2.39. The van der Waals surface area contributed by atoms with Crippen LogP contribution in [-0.4, -0.2) is 53.1 Å². The number of pyridine rings is 1. The molecule has 1 atom stereocenters. The number of hydrogen-bond acceptors (Lipinski definition) is 7. The van der Waals surface area contributed by atoms with Gasteiger partial charge in [0.25, 0.3) is 0 Å². The molecule has 0 saturated carbocycles. The third-order valence-corrected chi connectivity index (χ3v) is 9.19. The number of hydrogen-bond donors (Lipinski definition) is 1. The van der Waals surface area contributed by atoms with E-state index in [0.717, 1.165) is 27.9 Å². The average molecular weight is 654 g/mol. The van der Waals surface area contributed by atoms with Crippen LogP contribution in [0.1, 0.15) is 27.6 Å². The van der Waals surface area contributed by atoms with Crippen molar-refractivity contribution in [1.82, 2.24) is 20.1 Å². The van der Waals surface area contributed by atoms with E-state index in [9.17, 15) is 9.59 Å². The van der Waals surface area contributed by atoms with Gasteiger partial charge in [-0.25, -0.2) is 4.68 Å². The molecule has 0 spiro atoms. The standard InChI is InChI=1S/C35H32ClN5O4S/c1-22-7-13-26(14-8-22)41-35-32(33(39-41)23-9-11-24(36)12-10-23)34(28-18-27(44-2)15-16-29(28)45-3)46-21-31(43)40(35)20-30(42)38-19-25-6-4-5-17-37-25/h4-18,34H,19-21H2,1-3H3,(H,38,42)/t34-/m1/s1. The summed E-state index contributed by atoms with van der Waals surface area (Å²) < 4.78 is 13.2. The number of aryl methyl sites for hydroxylation is 1. The number of benzene rings is 3. The molecule has 1 N–H and O–H groups in total. The van der Waals surface area contributed by atoms with Crippen molar-refractivity contribution in [2.75, 3.05) is 31.4 Å². The topological polar surface area (TPSA) is 98.6 Å². The Balaban J connectivity index is 1.56. The van der Waals surface area contributed by atoms with Crippen LogP contribution in [0.5, 0.6) is 11.5 Å². The van der Waals surface area contributed by atoms with Crippen LogP contribution in [0.25, 0.3) is 16.9 Å². The van der Waals surface area contributed by atoms with Crippen LogP contribution in [-0.2, 0) is 16.1 Å². The molecule has 0 fully saturated rings. The fourth-order valence-electron chi connectivity index (χ4n) is 5.39. The van der Waals surface area contributed by atoms with Gasteiger partial charge in [0.15, 0.2) is 0 Å². The number of anilines is 1. The molecule has 1 aliphatic heterocycles. The lowest BCUT2D eigenvalue weighted by Crippen LogP contribution is -2.42. The number of nitrogens with one attached hydrogen (secondary N) is 1. The molecule has 0 saturated heterocycles. The second-order valence-corrected chi connectivity index (χ2v) is 12.2. The Kier molecular flexibility index (Phi) is 9.28. The highest BCUT2D eigenvalue weighted by atomic mass is 35.5. The predicted octanol–water partition coefficient (Wildman–Crippen LogP) is 6.40. The van der Waals surface area contributed by atoms with Crippen LogP contribution < -0.4 is 19.7 Å². The Morgan fingerprint density at radius 3 is 2.50 bits per heavy atom. The molecule has 0 aliphatic carbocycles. The quantitative estimate of drug-likeness (QED) is 0.197. The zero-order valence-electron chi connectivity index (χ0n) is 25.6. The van der Waals surface area contributed by atoms with Crippen molar-refractivity contribution in [2.45, 2.75) is 18.7 Å². The fourth-order valence-corrected chi connectivity index (χ4v) is 6.73. The van der Waals surface area contributed by atoms with E-state index in [-0.39, 0.29) is 30.7 Å². The van der Waals surface area contributed by atoms with E-state index in [0.29, 0.717) is 33.7 Å². The van der Waals surface area contributed by atoms with E-state index in [1.165, 1.54) is 16.7 Å². The first-order valence-electron chi connectivity index (χ1n) is 14.6. The summed E-state index contributed by atoms with van der Waals surface area (Å²) in [5.74, 6) is 1.37. The number of amides is 2. The predicted molar refractivity (Wildman–Crippen MR) is 181 cm³/mol. The van der Waals surface area contributed by atoms with Crippen molar-refractivity contribution in [3.05, 3.63) is 119 Å². The molecule has 46 heavy (non-hydrogen) atoms. The number of rotatable bonds is 9. The minimum atomic E-state index is -0.407. The maximum Gasteiger partial charge on any atom is 0.240 e. The molecule has 0 bridgehead atoms. The number of ether oxygens (including phenoxy) is 2. The van der Waals surface area contributed by atoms with Crippen molar-refractivity contribution in [3.63, 3.8) is 0 Å². The highest BCUT2D eigenvalue weighted by molar-refractivity contribution is 8.00. The molecule has 234 valence electrons. The van der Waals surface area contributed by atoms with Gasteiger partial charge in [-0.1, -0.05) is 47.5 Å². The first-order chi connectivity index (χ1) is 22.4. The Bertz CT molecular complexity index is 1860. The van der Waals surface area contributed by atoms with Gasteiger partial charge in [0, 0.05) is 27.9 Å². The van der Waals surface area contributed by atoms with Crippen LogP contribution in [0.3, 0.4) is 0 Å². The van der Waals surface area contributed by atoms with Crippen molar-refractivity contribution >= 4 is 41.0 Å². The van der Waals surface area contributed by atoms with E-state index in [4.69, 9.17) is 26.2 Å². The molecule has 3 heterocycles. The van der Waals surface area contributed by atoms with Gasteiger partial charge < -0.3 is 14.8 Å². The molecule has 1 aliphatic rings. The molecule has 2 amide bonds. The van der Waals surface area contributed by atoms with Gasteiger partial charge in [-0.05, 0) is 61.5 Å². The van der Waals surface area contributed by atoms with Crippen LogP contribution in [0.2, 0.25) is 5.02 Å². The lowest BCUT2D eigenvalue weighted by molar-refractivity contribution is -0.123. The van der Waals surface area contributed by atoms with E-state index >= 15 is 0 Å². The first-order valence-corrected chi connectivity index (χ1v) is 16.1. The summed E-state index contributed by atoms with van der Waals surface area (Å²) in [4.78, 5) is 33.4. The van der Waals surface area contributed by atoms with E-state index in [1.807, 2.05) is 91.9 Å². The molecule has 5 aromatic rings. The summed E-state index contributed by atoms with van der Waals surface area (Å²) >= 11 is 7.75. The number of thioether (sulfide) groups is 1. The molecule has 3 aromatic carbocycles. The van der Waals surface area contributed by atoms with E-state index in [1.54, 1.807) is 25.1 Å². The lowest BCUT2D eigenvalue weighted by Gasteiger charge is -2.23. The van der Waals surface area contributed by atoms with Gasteiger partial charge in [-0.3, -0.25) is 19.5 Å². The van der Waals surface area contributed by atoms with Gasteiger partial charge in [-0.2, -0.15) is 5.10 Å². The van der Waals surface area contributed by atoms with Crippen molar-refractivity contribution in [3.8, 4) is 28.4 Å². The Morgan fingerprint density at radius 2 is 1.80 bits per heavy atom. The minimum Gasteiger partial charge on any atom is -0.497 e. The highest BCUT2D eigenvalue weighted by Crippen LogP contribution is 2.51. The molecule has 9 nitrogen and oxygen atoms in total. The van der Waals surface area contributed by atoms with Gasteiger partial charge in [0.05, 0.1) is 48.8 Å². The minimum absolute atomic E-state index is 0.112. The Labute approximate surface area is 276 Å². The zero-order chi connectivity index (χ0) is 32.2. The molecule has 0 unspecified atom stereocenters. The fraction of sp³-hybridized carbons (Fsp3) is 0.200. The number of nitrogens with zero attached hydrogens (tertiary/aromatic N) is 4. The smallest absolute Gasteiger partial charge is 0.240 e. The maximum atomic E-state index is 14.1. The second-order valence-electron chi connectivity index (χ2n) is 10.7. The third kappa shape index (κ3) is 6.45. The van der Waals surface area contributed by atoms with Crippen LogP contribution in [0.15, 0.2) is 91.1 Å². The first kappa shape index (κ1) is 31.2. The maximum absolute atomic E-state index is 14.1. The molecule has 6 rings (SSSR count). The van der Waals surface area contributed by atoms with Crippen molar-refractivity contribution in [2.24, 2.45) is 0 Å². The van der Waals surface area contributed by atoms with E-state index < -0.39 is 5.25 Å². The third-order valence-electron chi connectivity index (χ3n) is 7.70. The lowest BCUT2D eigenvalue weighted by atomic mass is 9.98. The molecule has 0 radical (unpaired) electrons. The summed E-state index contributed by atoms with van der Waals surface area (Å²) in [5, 5.41) is 8.25. The Hall–Kier alpha value is -4.80. The zero-order valence-corrected chi connectivity index (χ0v) is 27.1. The summed E-state index contributed by atoms with van der Waals surface area (Å²) in [6, 6.07) is 26.5. The van der Waals surface area contributed by atoms with Crippen LogP contribution >= 0.6 is 23.4 Å². The normalized spacial score (nSPS) is 14.4. The van der Waals surface area contributed by atoms with Crippen molar-refractivity contribution < 1.29 is 19.1 Å². The molecule has 2 aromatic heterocycles. The number of carbonyl (C=O) groups excluding carboxylic acids is 2. The van der Waals surface area contributed by atoms with E-state index in [2.05, 4.69) is 10.3 Å². The van der Waals surface area contributed by atoms with Crippen LogP contribution in [0.4, 0.5) is 5.82 Å². The van der Waals surface area contributed by atoms with Gasteiger partial charge in [0.2, 0.25) is 11.8 Å². The number of fused-ring (bicyclic) bond motifs is 1. The second kappa shape index (κ2) is 13.7. The largest absolute Gasteiger partial charge is 0.497 e. The summed E-state index contributed by atoms with van der Waals surface area (Å²) in [7, 11) is 3.23. The van der Waals surface area contributed by atoms with Crippen LogP contribution in [0, 0.1) is 6.92 Å². The number of halogens is 1. The van der Waals surface area contributed by atoms with Gasteiger partial charge in [-0.15, -0.1) is 11.8 Å². The average Bonchev–Trinajstić information content (AvgIpc) is 3.40. The van der Waals surface area contributed by atoms with Crippen molar-refractivity contribution in [1.29, 1.82) is 0 Å². The molecular formula is C35H32ClN5O4S. The SMILES string of the molecule is COc1ccc(OC)c([C@H]2SCC(=O)N(CC(=O)NCc3ccccn3)c3c2c(-c2ccc(Cl)cc2)nn3-c2ccc(C)cc2)c1. The number of carbonyl (C=O) groups is 2.